The molecule has 1 fully saturated rings. The Morgan fingerprint density at radius 1 is 0.929 bits per heavy atom. The molecule has 0 unspecified atom stereocenters. The number of anilines is 2. The van der Waals surface area contributed by atoms with Crippen LogP contribution in [0.15, 0.2) is 54.6 Å². The second-order valence-corrected chi connectivity index (χ2v) is 6.79. The molecule has 2 N–H and O–H groups in total. The van der Waals surface area contributed by atoms with Crippen LogP contribution >= 0.6 is 0 Å². The molecule has 144 valence electrons. The quantitative estimate of drug-likeness (QED) is 0.609. The molecule has 6 nitrogen and oxygen atoms in total. The second kappa shape index (κ2) is 8.17. The Hall–Kier alpha value is -3.28. The summed E-state index contributed by atoms with van der Waals surface area (Å²) >= 11 is 0. The lowest BCUT2D eigenvalue weighted by atomic mass is 10.1. The predicted octanol–water partition coefficient (Wildman–Crippen LogP) is 4.35. The zero-order chi connectivity index (χ0) is 19.3. The maximum atomic E-state index is 5.39. The Kier molecular flexibility index (Phi) is 5.28. The van der Waals surface area contributed by atoms with E-state index >= 15 is 0 Å². The third-order valence-corrected chi connectivity index (χ3v) is 4.63. The first-order chi connectivity index (χ1) is 13.7. The van der Waals surface area contributed by atoms with Gasteiger partial charge < -0.3 is 20.1 Å². The number of rotatable bonds is 8. The molecule has 0 bridgehead atoms. The van der Waals surface area contributed by atoms with Crippen molar-refractivity contribution in [2.24, 2.45) is 0 Å². The van der Waals surface area contributed by atoms with E-state index in [0.29, 0.717) is 24.3 Å². The van der Waals surface area contributed by atoms with E-state index in [1.54, 1.807) is 14.2 Å². The van der Waals surface area contributed by atoms with Crippen LogP contribution in [-0.4, -0.2) is 30.2 Å². The van der Waals surface area contributed by atoms with E-state index < -0.39 is 0 Å². The summed E-state index contributed by atoms with van der Waals surface area (Å²) in [5.74, 6) is 2.88. The molecule has 0 amide bonds. The van der Waals surface area contributed by atoms with Gasteiger partial charge in [0.05, 0.1) is 19.9 Å². The first-order valence-electron chi connectivity index (χ1n) is 9.41. The van der Waals surface area contributed by atoms with Crippen molar-refractivity contribution in [3.8, 4) is 22.8 Å². The number of hydrogen-bond donors (Lipinski definition) is 2. The Labute approximate surface area is 164 Å². The average Bonchev–Trinajstić information content (AvgIpc) is 3.56. The summed E-state index contributed by atoms with van der Waals surface area (Å²) in [6, 6.07) is 18.5. The lowest BCUT2D eigenvalue weighted by Crippen LogP contribution is -2.09. The van der Waals surface area contributed by atoms with E-state index in [1.807, 2.05) is 42.5 Å². The van der Waals surface area contributed by atoms with Crippen molar-refractivity contribution < 1.29 is 9.47 Å². The van der Waals surface area contributed by atoms with Crippen molar-refractivity contribution in [3.05, 3.63) is 60.2 Å². The molecule has 2 aromatic carbocycles. The fourth-order valence-corrected chi connectivity index (χ4v) is 2.95. The lowest BCUT2D eigenvalue weighted by Gasteiger charge is -2.13. The minimum absolute atomic E-state index is 0.490. The molecule has 1 saturated carbocycles. The van der Waals surface area contributed by atoms with Gasteiger partial charge in [-0.2, -0.15) is 4.98 Å². The lowest BCUT2D eigenvalue weighted by molar-refractivity contribution is 0.354. The zero-order valence-electron chi connectivity index (χ0n) is 16.1. The van der Waals surface area contributed by atoms with Crippen LogP contribution in [0.1, 0.15) is 18.4 Å². The van der Waals surface area contributed by atoms with Gasteiger partial charge in [-0.05, 0) is 30.5 Å². The van der Waals surface area contributed by atoms with Crippen molar-refractivity contribution in [1.82, 2.24) is 9.97 Å². The Bertz CT molecular complexity index is 943. The largest absolute Gasteiger partial charge is 0.493 e. The van der Waals surface area contributed by atoms with Crippen LogP contribution in [0.4, 0.5) is 11.8 Å². The van der Waals surface area contributed by atoms with E-state index in [2.05, 4.69) is 27.8 Å². The molecule has 0 atom stereocenters. The highest BCUT2D eigenvalue weighted by Crippen LogP contribution is 2.29. The number of methoxy groups -OCH3 is 2. The molecule has 0 radical (unpaired) electrons. The maximum absolute atomic E-state index is 5.39. The van der Waals surface area contributed by atoms with E-state index in [-0.39, 0.29) is 0 Å². The molecule has 0 aliphatic heterocycles. The normalized spacial score (nSPS) is 13.1. The Morgan fingerprint density at radius 3 is 2.43 bits per heavy atom. The van der Waals surface area contributed by atoms with Gasteiger partial charge >= 0.3 is 0 Å². The van der Waals surface area contributed by atoms with Gasteiger partial charge in [-0.15, -0.1) is 0 Å². The zero-order valence-corrected chi connectivity index (χ0v) is 16.1. The summed E-state index contributed by atoms with van der Waals surface area (Å²) in [6.07, 6.45) is 2.35. The molecule has 6 heteroatoms. The van der Waals surface area contributed by atoms with E-state index in [4.69, 9.17) is 14.5 Å². The summed E-state index contributed by atoms with van der Waals surface area (Å²) in [5, 5.41) is 6.81. The molecule has 4 rings (SSSR count). The van der Waals surface area contributed by atoms with Crippen molar-refractivity contribution in [1.29, 1.82) is 0 Å². The SMILES string of the molecule is COc1ccc(CNc2cc(-c3ccccc3)nc(NC3CC3)n2)cc1OC. The van der Waals surface area contributed by atoms with Crippen LogP contribution in [0.2, 0.25) is 0 Å². The predicted molar refractivity (Wildman–Crippen MR) is 111 cm³/mol. The topological polar surface area (TPSA) is 68.3 Å². The highest BCUT2D eigenvalue weighted by Gasteiger charge is 2.22. The summed E-state index contributed by atoms with van der Waals surface area (Å²) in [4.78, 5) is 9.33. The minimum Gasteiger partial charge on any atom is -0.493 e. The second-order valence-electron chi connectivity index (χ2n) is 6.79. The minimum atomic E-state index is 0.490. The number of ether oxygens (including phenoxy) is 2. The van der Waals surface area contributed by atoms with Gasteiger partial charge in [0.1, 0.15) is 5.82 Å². The van der Waals surface area contributed by atoms with Crippen molar-refractivity contribution in [2.45, 2.75) is 25.4 Å². The van der Waals surface area contributed by atoms with Gasteiger partial charge in [0.2, 0.25) is 5.95 Å². The smallest absolute Gasteiger partial charge is 0.225 e. The number of nitrogens with one attached hydrogen (secondary N) is 2. The van der Waals surface area contributed by atoms with Gasteiger partial charge in [0.25, 0.3) is 0 Å². The van der Waals surface area contributed by atoms with Crippen LogP contribution < -0.4 is 20.1 Å². The first kappa shape index (κ1) is 18.1. The number of nitrogens with zero attached hydrogens (tertiary/aromatic N) is 2. The molecular formula is C22H24N4O2. The molecule has 0 saturated heterocycles. The average molecular weight is 376 g/mol. The van der Waals surface area contributed by atoms with E-state index in [1.165, 1.54) is 12.8 Å². The number of hydrogen-bond acceptors (Lipinski definition) is 6. The van der Waals surface area contributed by atoms with Gasteiger partial charge in [0, 0.05) is 24.2 Å². The molecule has 1 heterocycles. The van der Waals surface area contributed by atoms with E-state index in [9.17, 15) is 0 Å². The highest BCUT2D eigenvalue weighted by molar-refractivity contribution is 5.64. The van der Waals surface area contributed by atoms with Crippen LogP contribution in [0.3, 0.4) is 0 Å². The van der Waals surface area contributed by atoms with E-state index in [0.717, 1.165) is 28.4 Å². The standard InChI is InChI=1S/C22H24N4O2/c1-27-19-11-8-15(12-20(19)28-2)14-23-21-13-18(16-6-4-3-5-7-16)25-22(26-21)24-17-9-10-17/h3-8,11-13,17H,9-10,14H2,1-2H3,(H2,23,24,25,26). The molecule has 1 aliphatic rings. The molecule has 1 aliphatic carbocycles. The molecule has 28 heavy (non-hydrogen) atoms. The summed E-state index contributed by atoms with van der Waals surface area (Å²) in [5.41, 5.74) is 3.04. The van der Waals surface area contributed by atoms with Gasteiger partial charge in [-0.1, -0.05) is 36.4 Å². The van der Waals surface area contributed by atoms with Gasteiger partial charge in [-0.25, -0.2) is 4.98 Å². The number of aromatic nitrogens is 2. The highest BCUT2D eigenvalue weighted by atomic mass is 16.5. The Morgan fingerprint density at radius 2 is 1.71 bits per heavy atom. The number of benzene rings is 2. The van der Waals surface area contributed by atoms with Gasteiger partial charge in [0.15, 0.2) is 11.5 Å². The van der Waals surface area contributed by atoms with Crippen LogP contribution in [-0.2, 0) is 6.54 Å². The first-order valence-corrected chi connectivity index (χ1v) is 9.41. The van der Waals surface area contributed by atoms with Crippen molar-refractivity contribution in [3.63, 3.8) is 0 Å². The van der Waals surface area contributed by atoms with Crippen LogP contribution in [0, 0.1) is 0 Å². The maximum Gasteiger partial charge on any atom is 0.225 e. The Balaban J connectivity index is 1.56. The summed E-state index contributed by atoms with van der Waals surface area (Å²) in [6.45, 7) is 0.620. The third kappa shape index (κ3) is 4.34. The van der Waals surface area contributed by atoms with Crippen molar-refractivity contribution in [2.75, 3.05) is 24.9 Å². The third-order valence-electron chi connectivity index (χ3n) is 4.63. The fourth-order valence-electron chi connectivity index (χ4n) is 2.95. The van der Waals surface area contributed by atoms with Crippen molar-refractivity contribution >= 4 is 11.8 Å². The molecular weight excluding hydrogens is 352 g/mol. The van der Waals surface area contributed by atoms with Crippen LogP contribution in [0.25, 0.3) is 11.3 Å². The monoisotopic (exact) mass is 376 g/mol. The van der Waals surface area contributed by atoms with Gasteiger partial charge in [-0.3, -0.25) is 0 Å². The van der Waals surface area contributed by atoms with Crippen LogP contribution in [0.5, 0.6) is 11.5 Å². The molecule has 3 aromatic rings. The summed E-state index contributed by atoms with van der Waals surface area (Å²) in [7, 11) is 3.28. The molecule has 0 spiro atoms. The fraction of sp³-hybridized carbons (Fsp3) is 0.273. The molecule has 1 aromatic heterocycles. The summed E-state index contributed by atoms with van der Waals surface area (Å²) < 4.78 is 10.7.